The largest absolute Gasteiger partial charge is 0.463 e. The molecule has 5 heteroatoms. The number of ether oxygens (including phenoxy) is 2. The fourth-order valence-corrected chi connectivity index (χ4v) is 5.18. The maximum absolute atomic E-state index is 12.0. The molecular formula is C43H74O5. The lowest BCUT2D eigenvalue weighted by atomic mass is 10.1. The predicted octanol–water partition coefficient (Wildman–Crippen LogP) is 12.4. The lowest BCUT2D eigenvalue weighted by Crippen LogP contribution is -2.25. The van der Waals surface area contributed by atoms with E-state index < -0.39 is 6.10 Å². The summed E-state index contributed by atoms with van der Waals surface area (Å²) in [6.07, 6.45) is 49.8. The molecule has 1 atom stereocenters. The molecule has 0 radical (unpaired) electrons. The van der Waals surface area contributed by atoms with Gasteiger partial charge in [0.25, 0.3) is 0 Å². The normalized spacial score (nSPS) is 12.8. The Morgan fingerprint density at radius 2 is 0.729 bits per heavy atom. The molecule has 0 saturated carbocycles. The van der Waals surface area contributed by atoms with Crippen molar-refractivity contribution in [2.75, 3.05) is 13.2 Å². The average molecular weight is 671 g/mol. The molecule has 0 aliphatic rings. The summed E-state index contributed by atoms with van der Waals surface area (Å²) >= 11 is 0. The third kappa shape index (κ3) is 38.1. The molecule has 0 unspecified atom stereocenters. The van der Waals surface area contributed by atoms with Crippen LogP contribution in [0.2, 0.25) is 0 Å². The van der Waals surface area contributed by atoms with Gasteiger partial charge >= 0.3 is 11.9 Å². The van der Waals surface area contributed by atoms with E-state index in [0.717, 1.165) is 77.0 Å². The van der Waals surface area contributed by atoms with Crippen molar-refractivity contribution < 1.29 is 24.2 Å². The van der Waals surface area contributed by atoms with Crippen molar-refractivity contribution in [3.8, 4) is 0 Å². The smallest absolute Gasteiger partial charge is 0.305 e. The molecule has 0 aliphatic carbocycles. The highest BCUT2D eigenvalue weighted by Crippen LogP contribution is 2.11. The summed E-state index contributed by atoms with van der Waals surface area (Å²) in [7, 11) is 0. The first-order valence-corrected chi connectivity index (χ1v) is 19.8. The van der Waals surface area contributed by atoms with E-state index in [1.807, 2.05) is 0 Å². The zero-order valence-corrected chi connectivity index (χ0v) is 31.2. The molecule has 0 fully saturated rings. The van der Waals surface area contributed by atoms with Gasteiger partial charge in [-0.2, -0.15) is 0 Å². The second-order valence-electron chi connectivity index (χ2n) is 13.0. The van der Waals surface area contributed by atoms with Gasteiger partial charge in [0.2, 0.25) is 0 Å². The van der Waals surface area contributed by atoms with Gasteiger partial charge in [0, 0.05) is 12.8 Å². The number of unbranched alkanes of at least 4 members (excludes halogenated alkanes) is 17. The SMILES string of the molecule is CCCCC/C=C\C/C=C\C/C=C\CCCCCCC(=O)OC[C@H](O)COC(=O)CCCCCCCCC/C=C\C/C=C\CCCCC. The van der Waals surface area contributed by atoms with E-state index >= 15 is 0 Å². The minimum atomic E-state index is -0.978. The van der Waals surface area contributed by atoms with E-state index in [2.05, 4.69) is 74.6 Å². The summed E-state index contributed by atoms with van der Waals surface area (Å²) in [5.41, 5.74) is 0. The van der Waals surface area contributed by atoms with Crippen molar-refractivity contribution in [2.24, 2.45) is 0 Å². The number of aliphatic hydroxyl groups excluding tert-OH is 1. The van der Waals surface area contributed by atoms with Crippen molar-refractivity contribution in [1.29, 1.82) is 0 Å². The molecule has 5 nitrogen and oxygen atoms in total. The molecule has 0 amide bonds. The Labute approximate surface area is 296 Å². The highest BCUT2D eigenvalue weighted by atomic mass is 16.6. The number of aliphatic hydroxyl groups is 1. The highest BCUT2D eigenvalue weighted by Gasteiger charge is 2.12. The summed E-state index contributed by atoms with van der Waals surface area (Å²) in [6, 6.07) is 0. The minimum absolute atomic E-state index is 0.130. The van der Waals surface area contributed by atoms with Crippen LogP contribution in [0.15, 0.2) is 60.8 Å². The maximum Gasteiger partial charge on any atom is 0.305 e. The number of carbonyl (C=O) groups is 2. The topological polar surface area (TPSA) is 72.8 Å². The van der Waals surface area contributed by atoms with Gasteiger partial charge in [0.15, 0.2) is 0 Å². The number of carbonyl (C=O) groups excluding carboxylic acids is 2. The van der Waals surface area contributed by atoms with Gasteiger partial charge in [-0.15, -0.1) is 0 Å². The Kier molecular flexibility index (Phi) is 37.1. The Morgan fingerprint density at radius 3 is 1.08 bits per heavy atom. The van der Waals surface area contributed by atoms with Crippen molar-refractivity contribution in [3.05, 3.63) is 60.8 Å². The lowest BCUT2D eigenvalue weighted by molar-refractivity contribution is -0.152. The molecular weight excluding hydrogens is 596 g/mol. The molecule has 1 N–H and O–H groups in total. The molecule has 0 aromatic rings. The fourth-order valence-electron chi connectivity index (χ4n) is 5.18. The van der Waals surface area contributed by atoms with Crippen molar-refractivity contribution in [1.82, 2.24) is 0 Å². The van der Waals surface area contributed by atoms with Crippen LogP contribution in [0.1, 0.15) is 181 Å². The summed E-state index contributed by atoms with van der Waals surface area (Å²) in [5, 5.41) is 10.0. The van der Waals surface area contributed by atoms with Gasteiger partial charge in [0.05, 0.1) is 0 Å². The molecule has 0 saturated heterocycles. The zero-order valence-electron chi connectivity index (χ0n) is 31.2. The molecule has 0 aromatic heterocycles. The van der Waals surface area contributed by atoms with Gasteiger partial charge in [-0.3, -0.25) is 9.59 Å². The van der Waals surface area contributed by atoms with Crippen LogP contribution in [-0.2, 0) is 19.1 Å². The summed E-state index contributed by atoms with van der Waals surface area (Å²) in [5.74, 6) is -0.601. The van der Waals surface area contributed by atoms with E-state index in [1.165, 1.54) is 77.0 Å². The first-order valence-electron chi connectivity index (χ1n) is 19.8. The Balaban J connectivity index is 3.51. The van der Waals surface area contributed by atoms with Crippen LogP contribution >= 0.6 is 0 Å². The number of hydrogen-bond donors (Lipinski definition) is 1. The number of esters is 2. The minimum Gasteiger partial charge on any atom is -0.463 e. The van der Waals surface area contributed by atoms with Crippen LogP contribution in [0.25, 0.3) is 0 Å². The molecule has 0 aromatic carbocycles. The van der Waals surface area contributed by atoms with Gasteiger partial charge in [-0.1, -0.05) is 145 Å². The van der Waals surface area contributed by atoms with Crippen molar-refractivity contribution >= 4 is 11.9 Å². The quantitative estimate of drug-likeness (QED) is 0.0413. The highest BCUT2D eigenvalue weighted by molar-refractivity contribution is 5.69. The van der Waals surface area contributed by atoms with E-state index in [4.69, 9.17) is 9.47 Å². The Bertz CT molecular complexity index is 853. The third-order valence-corrected chi connectivity index (χ3v) is 8.23. The summed E-state index contributed by atoms with van der Waals surface area (Å²) in [6.45, 7) is 4.21. The van der Waals surface area contributed by atoms with E-state index in [9.17, 15) is 14.7 Å². The molecule has 0 rings (SSSR count). The fraction of sp³-hybridized carbons (Fsp3) is 0.721. The van der Waals surface area contributed by atoms with Crippen LogP contribution in [0.4, 0.5) is 0 Å². The monoisotopic (exact) mass is 671 g/mol. The second-order valence-corrected chi connectivity index (χ2v) is 13.0. The Morgan fingerprint density at radius 1 is 0.438 bits per heavy atom. The standard InChI is InChI=1S/C43H74O5/c1-3-5-7-9-11-13-15-17-19-21-23-25-27-29-31-33-35-37-42(45)47-39-41(44)40-48-43(46)38-36-34-32-30-28-26-24-22-20-18-16-14-12-10-8-6-4-2/h11-14,17-20,23,25,41,44H,3-10,15-16,21-22,24,26-40H2,1-2H3/b13-11-,14-12-,19-17-,20-18-,25-23-/t41-/m0/s1. The third-order valence-electron chi connectivity index (χ3n) is 8.23. The first-order chi connectivity index (χ1) is 23.6. The number of rotatable bonds is 35. The first kappa shape index (κ1) is 45.6. The van der Waals surface area contributed by atoms with Crippen LogP contribution in [-0.4, -0.2) is 36.4 Å². The van der Waals surface area contributed by atoms with Gasteiger partial charge < -0.3 is 14.6 Å². The van der Waals surface area contributed by atoms with Crippen LogP contribution in [0.5, 0.6) is 0 Å². The second kappa shape index (κ2) is 39.0. The molecule has 0 aliphatic heterocycles. The lowest BCUT2D eigenvalue weighted by Gasteiger charge is -2.12. The number of hydrogen-bond acceptors (Lipinski definition) is 5. The van der Waals surface area contributed by atoms with Gasteiger partial charge in [0.1, 0.15) is 19.3 Å². The average Bonchev–Trinajstić information content (AvgIpc) is 3.09. The van der Waals surface area contributed by atoms with Gasteiger partial charge in [-0.05, 0) is 83.5 Å². The molecule has 0 heterocycles. The summed E-state index contributed by atoms with van der Waals surface area (Å²) < 4.78 is 10.3. The molecule has 48 heavy (non-hydrogen) atoms. The van der Waals surface area contributed by atoms with E-state index in [-0.39, 0.29) is 25.2 Å². The van der Waals surface area contributed by atoms with Crippen molar-refractivity contribution in [2.45, 2.75) is 187 Å². The number of allylic oxidation sites excluding steroid dienone is 10. The Hall–Kier alpha value is -2.40. The molecule has 276 valence electrons. The maximum atomic E-state index is 12.0. The summed E-state index contributed by atoms with van der Waals surface area (Å²) in [4.78, 5) is 23.9. The van der Waals surface area contributed by atoms with Crippen LogP contribution < -0.4 is 0 Å². The van der Waals surface area contributed by atoms with Crippen LogP contribution in [0, 0.1) is 0 Å². The van der Waals surface area contributed by atoms with Gasteiger partial charge in [-0.25, -0.2) is 0 Å². The van der Waals surface area contributed by atoms with Crippen LogP contribution in [0.3, 0.4) is 0 Å². The van der Waals surface area contributed by atoms with Crippen molar-refractivity contribution in [3.63, 3.8) is 0 Å². The van der Waals surface area contributed by atoms with E-state index in [1.54, 1.807) is 0 Å². The predicted molar refractivity (Wildman–Crippen MR) is 205 cm³/mol. The van der Waals surface area contributed by atoms with E-state index in [0.29, 0.717) is 12.8 Å². The molecule has 0 bridgehead atoms. The molecule has 0 spiro atoms. The zero-order chi connectivity index (χ0) is 35.0.